The lowest BCUT2D eigenvalue weighted by Crippen LogP contribution is -2.36. The Kier molecular flexibility index (Phi) is 11.4. The average molecular weight is 914 g/mol. The molecule has 0 saturated carbocycles. The number of hydrogen-bond acceptors (Lipinski definition) is 6. The highest BCUT2D eigenvalue weighted by Gasteiger charge is 2.22. The Morgan fingerprint density at radius 3 is 1.32 bits per heavy atom. The first-order chi connectivity index (χ1) is 35.0. The smallest absolute Gasteiger partial charge is 0.216 e. The van der Waals surface area contributed by atoms with Gasteiger partial charge in [-0.25, -0.2) is 20.0 Å². The summed E-state index contributed by atoms with van der Waals surface area (Å²) in [6.07, 6.45) is 1.03. The molecule has 0 aliphatic carbocycles. The Bertz CT molecular complexity index is 3720. The second-order valence-corrected chi connectivity index (χ2v) is 17.8. The van der Waals surface area contributed by atoms with E-state index in [4.69, 9.17) is 25.7 Å². The van der Waals surface area contributed by atoms with Crippen LogP contribution in [0, 0.1) is 0 Å². The quantitative estimate of drug-likeness (QED) is 0.0941. The van der Waals surface area contributed by atoms with Crippen LogP contribution >= 0.6 is 0 Å². The zero-order valence-electron chi connectivity index (χ0n) is 38.7. The van der Waals surface area contributed by atoms with Crippen LogP contribution in [0.2, 0.25) is 0 Å². The van der Waals surface area contributed by atoms with Crippen LogP contribution in [0.1, 0.15) is 39.5 Å². The van der Waals surface area contributed by atoms with Crippen molar-refractivity contribution in [1.29, 1.82) is 0 Å². The molecule has 0 spiro atoms. The maximum Gasteiger partial charge on any atom is 0.216 e. The lowest BCUT2D eigenvalue weighted by Gasteiger charge is -2.23. The van der Waals surface area contributed by atoms with Crippen LogP contribution in [0.3, 0.4) is 0 Å². The number of fused-ring (bicyclic) bond motifs is 2. The summed E-state index contributed by atoms with van der Waals surface area (Å²) >= 11 is 0. The minimum absolute atomic E-state index is 0.392. The zero-order chi connectivity index (χ0) is 47.5. The van der Waals surface area contributed by atoms with E-state index in [9.17, 15) is 0 Å². The van der Waals surface area contributed by atoms with E-state index < -0.39 is 12.5 Å². The van der Waals surface area contributed by atoms with Gasteiger partial charge in [0.1, 0.15) is 17.5 Å². The molecule has 10 aromatic carbocycles. The SMILES string of the molecule is N/C(=N\C1N=C(c2ccc3ccccc3c2)C=C(c2ccc3ccccc3c2)N1)c1ccc(-c2ccc(C3=NC(c4ccc(-c5ccccc5)cc4)N=C(c4ccc(-c5ccccc5)cc4)N3)cc2)cc1. The maximum atomic E-state index is 6.80. The van der Waals surface area contributed by atoms with E-state index in [2.05, 4.69) is 235 Å². The van der Waals surface area contributed by atoms with Gasteiger partial charge in [0.2, 0.25) is 6.29 Å². The van der Waals surface area contributed by atoms with Crippen molar-refractivity contribution in [1.82, 2.24) is 10.6 Å². The molecule has 0 saturated heterocycles. The lowest BCUT2D eigenvalue weighted by atomic mass is 10.00. The van der Waals surface area contributed by atoms with Gasteiger partial charge in [0.25, 0.3) is 0 Å². The van der Waals surface area contributed by atoms with Gasteiger partial charge in [-0.2, -0.15) is 0 Å². The molecular weight excluding hydrogens is 867 g/mol. The molecule has 0 amide bonds. The van der Waals surface area contributed by atoms with Crippen molar-refractivity contribution in [3.8, 4) is 33.4 Å². The van der Waals surface area contributed by atoms with Crippen LogP contribution in [0.5, 0.6) is 0 Å². The third kappa shape index (κ3) is 9.15. The number of nitrogens with zero attached hydrogens (tertiary/aromatic N) is 4. The molecule has 7 heteroatoms. The summed E-state index contributed by atoms with van der Waals surface area (Å²) in [6, 6.07) is 84.3. The summed E-state index contributed by atoms with van der Waals surface area (Å²) in [4.78, 5) is 20.4. The van der Waals surface area contributed by atoms with Crippen molar-refractivity contribution in [2.24, 2.45) is 25.7 Å². The Balaban J connectivity index is 0.803. The van der Waals surface area contributed by atoms with Crippen LogP contribution in [-0.4, -0.2) is 29.5 Å². The molecule has 2 atom stereocenters. The van der Waals surface area contributed by atoms with Gasteiger partial charge in [-0.3, -0.25) is 0 Å². The maximum absolute atomic E-state index is 6.80. The molecule has 338 valence electrons. The lowest BCUT2D eigenvalue weighted by molar-refractivity contribution is 0.651. The second-order valence-electron chi connectivity index (χ2n) is 17.8. The first-order valence-electron chi connectivity index (χ1n) is 23.9. The van der Waals surface area contributed by atoms with Crippen molar-refractivity contribution >= 4 is 50.5 Å². The highest BCUT2D eigenvalue weighted by molar-refractivity contribution is 6.16. The molecule has 71 heavy (non-hydrogen) atoms. The number of hydrogen-bond donors (Lipinski definition) is 3. The van der Waals surface area contributed by atoms with Crippen LogP contribution in [0.4, 0.5) is 0 Å². The zero-order valence-corrected chi connectivity index (χ0v) is 38.7. The van der Waals surface area contributed by atoms with Crippen molar-refractivity contribution in [3.63, 3.8) is 0 Å². The van der Waals surface area contributed by atoms with Crippen molar-refractivity contribution < 1.29 is 0 Å². The molecule has 7 nitrogen and oxygen atoms in total. The standard InChI is InChI=1S/C64H47N7/c65-60(68-64-66-58(56-37-27-44-15-7-9-17-54(44)39-56)41-59(67-64)57-38-28-45-16-8-10-18-55(45)40-57)50-29-19-48(20-30-50)49-25-35-53(36-26-49)63-70-61(51-31-21-46(22-32-51)42-11-3-1-4-12-42)69-62(71-63)52-33-23-47(24-34-52)43-13-5-2-6-14-43/h1-41,61,64,66H,(H2,65,68)(H,69,70,71). The van der Waals surface area contributed by atoms with Gasteiger partial charge in [-0.05, 0) is 84.3 Å². The van der Waals surface area contributed by atoms with Gasteiger partial charge in [-0.15, -0.1) is 0 Å². The van der Waals surface area contributed by atoms with Crippen molar-refractivity contribution in [2.75, 3.05) is 0 Å². The molecular formula is C64H47N7. The first-order valence-corrected chi connectivity index (χ1v) is 23.9. The molecule has 2 heterocycles. The van der Waals surface area contributed by atoms with Gasteiger partial charge in [-0.1, -0.05) is 231 Å². The summed E-state index contributed by atoms with van der Waals surface area (Å²) in [5.74, 6) is 1.92. The van der Waals surface area contributed by atoms with Crippen molar-refractivity contribution in [3.05, 3.63) is 282 Å². The van der Waals surface area contributed by atoms with E-state index >= 15 is 0 Å². The molecule has 0 radical (unpaired) electrons. The normalized spacial score (nSPS) is 15.7. The number of nitrogens with one attached hydrogen (secondary N) is 2. The number of nitrogens with two attached hydrogens (primary N) is 1. The largest absolute Gasteiger partial charge is 0.383 e. The van der Waals surface area contributed by atoms with E-state index in [0.717, 1.165) is 89.5 Å². The number of amidine groups is 3. The molecule has 2 aliphatic heterocycles. The molecule has 4 N–H and O–H groups in total. The molecule has 10 aromatic rings. The Morgan fingerprint density at radius 1 is 0.380 bits per heavy atom. The predicted octanol–water partition coefficient (Wildman–Crippen LogP) is 13.6. The molecule has 2 unspecified atom stereocenters. The van der Waals surface area contributed by atoms with E-state index in [1.165, 1.54) is 21.9 Å². The number of benzene rings is 10. The van der Waals surface area contributed by atoms with Crippen LogP contribution in [0.15, 0.2) is 269 Å². The fourth-order valence-electron chi connectivity index (χ4n) is 9.29. The monoisotopic (exact) mass is 913 g/mol. The predicted molar refractivity (Wildman–Crippen MR) is 295 cm³/mol. The van der Waals surface area contributed by atoms with Gasteiger partial charge in [0.05, 0.1) is 5.71 Å². The Morgan fingerprint density at radius 2 is 0.789 bits per heavy atom. The van der Waals surface area contributed by atoms with Crippen LogP contribution in [-0.2, 0) is 0 Å². The van der Waals surface area contributed by atoms with Gasteiger partial charge >= 0.3 is 0 Å². The summed E-state index contributed by atoms with van der Waals surface area (Å²) in [6.45, 7) is 0. The van der Waals surface area contributed by atoms with Crippen LogP contribution in [0.25, 0.3) is 60.6 Å². The summed E-state index contributed by atoms with van der Waals surface area (Å²) < 4.78 is 0. The second kappa shape index (κ2) is 18.9. The molecule has 0 bridgehead atoms. The summed E-state index contributed by atoms with van der Waals surface area (Å²) in [5, 5.41) is 11.8. The Labute approximate surface area is 412 Å². The number of rotatable bonds is 10. The topological polar surface area (TPSA) is 99.5 Å². The number of aliphatic imine (C=N–C) groups is 4. The Hall–Kier alpha value is -9.46. The van der Waals surface area contributed by atoms with Crippen LogP contribution < -0.4 is 16.4 Å². The molecule has 0 fully saturated rings. The first kappa shape index (κ1) is 42.9. The van der Waals surface area contributed by atoms with E-state index in [-0.39, 0.29) is 0 Å². The fourth-order valence-corrected chi connectivity index (χ4v) is 9.29. The summed E-state index contributed by atoms with van der Waals surface area (Å²) in [7, 11) is 0. The minimum Gasteiger partial charge on any atom is -0.383 e. The van der Waals surface area contributed by atoms with E-state index in [0.29, 0.717) is 5.84 Å². The molecule has 2 aliphatic rings. The van der Waals surface area contributed by atoms with Gasteiger partial charge in [0, 0.05) is 28.0 Å². The van der Waals surface area contributed by atoms with Crippen molar-refractivity contribution in [2.45, 2.75) is 12.5 Å². The third-order valence-corrected chi connectivity index (χ3v) is 13.2. The molecule has 0 aromatic heterocycles. The molecule has 12 rings (SSSR count). The summed E-state index contributed by atoms with van der Waals surface area (Å²) in [5.41, 5.74) is 21.2. The highest BCUT2D eigenvalue weighted by atomic mass is 15.2. The third-order valence-electron chi connectivity index (χ3n) is 13.2. The van der Waals surface area contributed by atoms with E-state index in [1.54, 1.807) is 0 Å². The fraction of sp³-hybridized carbons (Fsp3) is 0.0312. The minimum atomic E-state index is -0.640. The van der Waals surface area contributed by atoms with Gasteiger partial charge in [0.15, 0.2) is 6.17 Å². The van der Waals surface area contributed by atoms with Gasteiger partial charge < -0.3 is 16.4 Å². The highest BCUT2D eigenvalue weighted by Crippen LogP contribution is 2.30. The number of allylic oxidation sites excluding steroid dienone is 1. The van der Waals surface area contributed by atoms with E-state index in [1.807, 2.05) is 24.3 Å². The average Bonchev–Trinajstić information content (AvgIpc) is 3.45.